The Morgan fingerprint density at radius 3 is 2.80 bits per heavy atom. The number of hydrogen-bond donors (Lipinski definition) is 0. The zero-order chi connectivity index (χ0) is 6.72. The third-order valence-corrected chi connectivity index (χ3v) is 3.47. The first-order chi connectivity index (χ1) is 4.84. The van der Waals surface area contributed by atoms with Gasteiger partial charge in [-0.2, -0.15) is 0 Å². The van der Waals surface area contributed by atoms with Crippen molar-refractivity contribution in [2.24, 2.45) is 17.8 Å². The van der Waals surface area contributed by atoms with Crippen LogP contribution < -0.4 is 0 Å². The highest BCUT2D eigenvalue weighted by Gasteiger charge is 2.53. The fraction of sp³-hybridized carbons (Fsp3) is 0.778. The molecule has 3 rings (SSSR count). The molecule has 0 radical (unpaired) electrons. The Morgan fingerprint density at radius 1 is 1.30 bits per heavy atom. The van der Waals surface area contributed by atoms with E-state index >= 15 is 0 Å². The lowest BCUT2D eigenvalue weighted by atomic mass is 9.89. The smallest absolute Gasteiger partial charge is 0.102 e. The molecule has 0 aromatic carbocycles. The van der Waals surface area contributed by atoms with Crippen LogP contribution in [0.25, 0.3) is 0 Å². The average Bonchev–Trinajstić information content (AvgIpc) is 2.44. The molecular formula is C9H12O. The molecule has 54 valence electrons. The molecule has 0 aromatic rings. The monoisotopic (exact) mass is 136 g/mol. The molecule has 2 aliphatic carbocycles. The van der Waals surface area contributed by atoms with Crippen LogP contribution in [0, 0.1) is 17.8 Å². The molecule has 0 amide bonds. The summed E-state index contributed by atoms with van der Waals surface area (Å²) in [5.74, 6) is 3.70. The molecule has 1 heterocycles. The summed E-state index contributed by atoms with van der Waals surface area (Å²) < 4.78 is 5.64. The lowest BCUT2D eigenvalue weighted by Crippen LogP contribution is -2.14. The van der Waals surface area contributed by atoms with Gasteiger partial charge in [-0.15, -0.1) is 0 Å². The van der Waals surface area contributed by atoms with Gasteiger partial charge >= 0.3 is 0 Å². The van der Waals surface area contributed by atoms with Gasteiger partial charge in [-0.1, -0.05) is 6.58 Å². The fourth-order valence-corrected chi connectivity index (χ4v) is 3.07. The van der Waals surface area contributed by atoms with E-state index in [1.165, 1.54) is 19.3 Å². The van der Waals surface area contributed by atoms with Gasteiger partial charge in [0.1, 0.15) is 6.10 Å². The van der Waals surface area contributed by atoms with Gasteiger partial charge in [0.05, 0.1) is 5.76 Å². The first-order valence-electron chi connectivity index (χ1n) is 4.20. The minimum atomic E-state index is 0.580. The molecule has 0 aromatic heterocycles. The Labute approximate surface area is 61.1 Å². The van der Waals surface area contributed by atoms with Crippen LogP contribution in [-0.2, 0) is 4.74 Å². The third kappa shape index (κ3) is 0.425. The summed E-state index contributed by atoms with van der Waals surface area (Å²) in [6.45, 7) is 3.95. The van der Waals surface area contributed by atoms with Crippen LogP contribution in [0.4, 0.5) is 0 Å². The van der Waals surface area contributed by atoms with Gasteiger partial charge in [-0.25, -0.2) is 0 Å². The quantitative estimate of drug-likeness (QED) is 0.494. The fourth-order valence-electron chi connectivity index (χ4n) is 3.07. The molecule has 4 atom stereocenters. The summed E-state index contributed by atoms with van der Waals surface area (Å²) in [5, 5.41) is 0. The first-order valence-corrected chi connectivity index (χ1v) is 4.20. The Kier molecular flexibility index (Phi) is 0.738. The second-order valence-electron chi connectivity index (χ2n) is 3.97. The highest BCUT2D eigenvalue weighted by atomic mass is 16.5. The minimum Gasteiger partial charge on any atom is -0.495 e. The zero-order valence-corrected chi connectivity index (χ0v) is 6.05. The normalized spacial score (nSPS) is 55.8. The maximum atomic E-state index is 5.64. The van der Waals surface area contributed by atoms with Gasteiger partial charge in [-0.05, 0) is 25.2 Å². The van der Waals surface area contributed by atoms with E-state index in [-0.39, 0.29) is 0 Å². The molecule has 2 saturated carbocycles. The van der Waals surface area contributed by atoms with Crippen LogP contribution in [0.2, 0.25) is 0 Å². The third-order valence-electron chi connectivity index (χ3n) is 3.47. The maximum Gasteiger partial charge on any atom is 0.102 e. The second-order valence-corrected chi connectivity index (χ2v) is 3.97. The molecule has 0 spiro atoms. The van der Waals surface area contributed by atoms with E-state index in [0.29, 0.717) is 6.10 Å². The average molecular weight is 136 g/mol. The van der Waals surface area contributed by atoms with Gasteiger partial charge in [0.25, 0.3) is 0 Å². The van der Waals surface area contributed by atoms with E-state index in [2.05, 4.69) is 6.58 Å². The summed E-state index contributed by atoms with van der Waals surface area (Å²) >= 11 is 0. The van der Waals surface area contributed by atoms with Crippen LogP contribution in [0.5, 0.6) is 0 Å². The Bertz CT molecular complexity index is 195. The van der Waals surface area contributed by atoms with Crippen molar-refractivity contribution in [3.05, 3.63) is 12.3 Å². The Hall–Kier alpha value is -0.460. The van der Waals surface area contributed by atoms with Gasteiger partial charge in [-0.3, -0.25) is 0 Å². The van der Waals surface area contributed by atoms with Crippen LogP contribution in [0.1, 0.15) is 19.3 Å². The molecule has 10 heavy (non-hydrogen) atoms. The highest BCUT2D eigenvalue weighted by Crippen LogP contribution is 2.57. The van der Waals surface area contributed by atoms with Gasteiger partial charge in [0, 0.05) is 11.8 Å². The van der Waals surface area contributed by atoms with E-state index < -0.39 is 0 Å². The van der Waals surface area contributed by atoms with Crippen molar-refractivity contribution in [1.29, 1.82) is 0 Å². The van der Waals surface area contributed by atoms with E-state index in [1.807, 2.05) is 0 Å². The maximum absolute atomic E-state index is 5.64. The SMILES string of the molecule is C=C1OC2CC3CC1C2C3. The molecule has 4 unspecified atom stereocenters. The Morgan fingerprint density at radius 2 is 2.20 bits per heavy atom. The zero-order valence-electron chi connectivity index (χ0n) is 6.05. The number of hydrogen-bond acceptors (Lipinski definition) is 1. The summed E-state index contributed by atoms with van der Waals surface area (Å²) in [5.41, 5.74) is 0. The van der Waals surface area contributed by atoms with E-state index in [9.17, 15) is 0 Å². The van der Waals surface area contributed by atoms with E-state index in [0.717, 1.165) is 23.5 Å². The lowest BCUT2D eigenvalue weighted by Gasteiger charge is -2.12. The first kappa shape index (κ1) is 5.22. The summed E-state index contributed by atoms with van der Waals surface area (Å²) in [6, 6.07) is 0. The predicted molar refractivity (Wildman–Crippen MR) is 38.3 cm³/mol. The van der Waals surface area contributed by atoms with Crippen molar-refractivity contribution < 1.29 is 4.74 Å². The van der Waals surface area contributed by atoms with Crippen molar-refractivity contribution in [2.45, 2.75) is 25.4 Å². The van der Waals surface area contributed by atoms with Crippen LogP contribution >= 0.6 is 0 Å². The molecule has 1 saturated heterocycles. The van der Waals surface area contributed by atoms with Crippen molar-refractivity contribution in [2.75, 3.05) is 0 Å². The number of ether oxygens (including phenoxy) is 1. The molecular weight excluding hydrogens is 124 g/mol. The molecule has 1 nitrogen and oxygen atoms in total. The molecule has 3 aliphatic rings. The second kappa shape index (κ2) is 1.41. The number of allylic oxidation sites excluding steroid dienone is 1. The van der Waals surface area contributed by atoms with Gasteiger partial charge in [0.2, 0.25) is 0 Å². The number of fused-ring (bicyclic) bond motifs is 1. The predicted octanol–water partition coefficient (Wildman–Crippen LogP) is 1.95. The van der Waals surface area contributed by atoms with E-state index in [4.69, 9.17) is 4.74 Å². The number of rotatable bonds is 0. The topological polar surface area (TPSA) is 9.23 Å². The van der Waals surface area contributed by atoms with E-state index in [1.54, 1.807) is 0 Å². The molecule has 1 aliphatic heterocycles. The van der Waals surface area contributed by atoms with Crippen LogP contribution in [0.3, 0.4) is 0 Å². The summed E-state index contributed by atoms with van der Waals surface area (Å²) in [4.78, 5) is 0. The van der Waals surface area contributed by atoms with Crippen LogP contribution in [0.15, 0.2) is 12.3 Å². The lowest BCUT2D eigenvalue weighted by molar-refractivity contribution is 0.143. The Balaban J connectivity index is 2.05. The molecule has 2 bridgehead atoms. The minimum absolute atomic E-state index is 0.580. The summed E-state index contributed by atoms with van der Waals surface area (Å²) in [6.07, 6.45) is 4.70. The summed E-state index contributed by atoms with van der Waals surface area (Å²) in [7, 11) is 0. The van der Waals surface area contributed by atoms with Crippen LogP contribution in [-0.4, -0.2) is 6.10 Å². The standard InChI is InChI=1S/C9H12O/c1-5-7-2-6-3-8(7)9(4-6)10-5/h6-9H,1-4H2. The molecule has 0 N–H and O–H groups in total. The van der Waals surface area contributed by atoms with Crippen molar-refractivity contribution >= 4 is 0 Å². The van der Waals surface area contributed by atoms with Crippen molar-refractivity contribution in [1.82, 2.24) is 0 Å². The van der Waals surface area contributed by atoms with Crippen molar-refractivity contribution in [3.63, 3.8) is 0 Å². The highest BCUT2D eigenvalue weighted by molar-refractivity contribution is 5.13. The largest absolute Gasteiger partial charge is 0.495 e. The molecule has 3 fully saturated rings. The van der Waals surface area contributed by atoms with Gasteiger partial charge in [0.15, 0.2) is 0 Å². The van der Waals surface area contributed by atoms with Gasteiger partial charge < -0.3 is 4.74 Å². The van der Waals surface area contributed by atoms with Crippen molar-refractivity contribution in [3.8, 4) is 0 Å². The molecule has 1 heteroatoms.